The molecule has 1 aromatic rings. The number of unbranched alkanes of at least 4 members (excludes halogenated alkanes) is 2. The summed E-state index contributed by atoms with van der Waals surface area (Å²) in [6.45, 7) is 2.88. The van der Waals surface area contributed by atoms with Crippen molar-refractivity contribution < 1.29 is 9.53 Å². The number of rotatable bonds is 7. The van der Waals surface area contributed by atoms with E-state index in [0.717, 1.165) is 18.8 Å². The molecule has 0 saturated heterocycles. The monoisotopic (exact) mass is 284 g/mol. The number of halogens is 1. The lowest BCUT2D eigenvalue weighted by molar-refractivity contribution is 0.102. The smallest absolute Gasteiger partial charge is 0.173 e. The quantitative estimate of drug-likeness (QED) is 0.432. The molecule has 3 heteroatoms. The second-order valence-corrected chi connectivity index (χ2v) is 4.20. The van der Waals surface area contributed by atoms with Crippen molar-refractivity contribution in [2.75, 3.05) is 11.9 Å². The number of carbonyl (C=O) groups is 1. The minimum absolute atomic E-state index is 0.0824. The molecule has 0 amide bonds. The average molecular weight is 285 g/mol. The molecule has 0 fully saturated rings. The normalized spacial score (nSPS) is 10.1. The summed E-state index contributed by atoms with van der Waals surface area (Å²) in [4.78, 5) is 11.4. The highest BCUT2D eigenvalue weighted by atomic mass is 79.9. The lowest BCUT2D eigenvalue weighted by Crippen LogP contribution is -2.02. The van der Waals surface area contributed by atoms with Gasteiger partial charge in [-0.25, -0.2) is 0 Å². The predicted octanol–water partition coefficient (Wildman–Crippen LogP) is 3.83. The zero-order valence-electron chi connectivity index (χ0n) is 9.54. The van der Waals surface area contributed by atoms with Crippen molar-refractivity contribution in [1.29, 1.82) is 0 Å². The van der Waals surface area contributed by atoms with Crippen LogP contribution in [-0.2, 0) is 0 Å². The van der Waals surface area contributed by atoms with E-state index in [-0.39, 0.29) is 5.78 Å². The van der Waals surface area contributed by atoms with Crippen LogP contribution < -0.4 is 4.74 Å². The summed E-state index contributed by atoms with van der Waals surface area (Å²) >= 11 is 3.16. The van der Waals surface area contributed by atoms with Crippen LogP contribution in [0.4, 0.5) is 0 Å². The highest BCUT2D eigenvalue weighted by Gasteiger charge is 2.04. The lowest BCUT2D eigenvalue weighted by Gasteiger charge is -2.06. The van der Waals surface area contributed by atoms with E-state index in [1.54, 1.807) is 6.07 Å². The molecule has 0 radical (unpaired) electrons. The molecule has 0 aliphatic rings. The van der Waals surface area contributed by atoms with Crippen LogP contribution in [0, 0.1) is 0 Å². The molecule has 0 bridgehead atoms. The Labute approximate surface area is 105 Å². The van der Waals surface area contributed by atoms with Crippen molar-refractivity contribution in [3.63, 3.8) is 0 Å². The number of Topliss-reactive ketones (excluding diaryl/α,β-unsaturated/α-hetero) is 1. The summed E-state index contributed by atoms with van der Waals surface area (Å²) < 4.78 is 5.58. The number of ketones is 1. The molecule has 0 heterocycles. The number of ether oxygens (including phenoxy) is 1. The molecule has 0 atom stereocenters. The van der Waals surface area contributed by atoms with E-state index in [4.69, 9.17) is 4.74 Å². The Morgan fingerprint density at radius 3 is 2.88 bits per heavy atom. The number of carbonyl (C=O) groups excluding carboxylic acids is 1. The van der Waals surface area contributed by atoms with Crippen LogP contribution in [0.3, 0.4) is 0 Å². The molecule has 0 unspecified atom stereocenters. The topological polar surface area (TPSA) is 26.3 Å². The molecule has 0 N–H and O–H groups in total. The molecule has 0 aromatic heterocycles. The maximum absolute atomic E-state index is 11.4. The third-order valence-electron chi connectivity index (χ3n) is 2.29. The van der Waals surface area contributed by atoms with Gasteiger partial charge in [-0.1, -0.05) is 47.8 Å². The third-order valence-corrected chi connectivity index (χ3v) is 2.80. The van der Waals surface area contributed by atoms with Crippen LogP contribution in [0.1, 0.15) is 36.5 Å². The SMILES string of the molecule is CCCCCOc1cccc(C(=O)CBr)c1. The summed E-state index contributed by atoms with van der Waals surface area (Å²) in [6, 6.07) is 7.35. The van der Waals surface area contributed by atoms with Crippen LogP contribution in [0.2, 0.25) is 0 Å². The van der Waals surface area contributed by atoms with Crippen LogP contribution in [0.25, 0.3) is 0 Å². The standard InChI is InChI=1S/C13H17BrO2/c1-2-3-4-8-16-12-7-5-6-11(9-12)13(15)10-14/h5-7,9H,2-4,8,10H2,1H3. The largest absolute Gasteiger partial charge is 0.494 e. The van der Waals surface area contributed by atoms with Crippen molar-refractivity contribution in [3.8, 4) is 5.75 Å². The van der Waals surface area contributed by atoms with Gasteiger partial charge in [0.05, 0.1) is 11.9 Å². The fourth-order valence-corrected chi connectivity index (χ4v) is 1.70. The predicted molar refractivity (Wildman–Crippen MR) is 69.6 cm³/mol. The molecule has 0 saturated carbocycles. The van der Waals surface area contributed by atoms with Gasteiger partial charge in [0.15, 0.2) is 5.78 Å². The Morgan fingerprint density at radius 2 is 2.19 bits per heavy atom. The Balaban J connectivity index is 2.50. The van der Waals surface area contributed by atoms with Crippen LogP contribution in [0.15, 0.2) is 24.3 Å². The van der Waals surface area contributed by atoms with Gasteiger partial charge in [0, 0.05) is 5.56 Å². The van der Waals surface area contributed by atoms with E-state index < -0.39 is 0 Å². The van der Waals surface area contributed by atoms with Gasteiger partial charge in [0.2, 0.25) is 0 Å². The van der Waals surface area contributed by atoms with E-state index in [0.29, 0.717) is 10.9 Å². The Hall–Kier alpha value is -0.830. The van der Waals surface area contributed by atoms with Crippen molar-refractivity contribution in [2.24, 2.45) is 0 Å². The lowest BCUT2D eigenvalue weighted by atomic mass is 10.1. The van der Waals surface area contributed by atoms with E-state index in [1.807, 2.05) is 18.2 Å². The second-order valence-electron chi connectivity index (χ2n) is 3.64. The minimum Gasteiger partial charge on any atom is -0.494 e. The van der Waals surface area contributed by atoms with Crippen LogP contribution >= 0.6 is 15.9 Å². The minimum atomic E-state index is 0.0824. The second kappa shape index (κ2) is 7.44. The summed E-state index contributed by atoms with van der Waals surface area (Å²) in [5.74, 6) is 0.863. The van der Waals surface area contributed by atoms with Gasteiger partial charge in [-0.2, -0.15) is 0 Å². The summed E-state index contributed by atoms with van der Waals surface area (Å²) in [6.07, 6.45) is 3.43. The molecule has 1 aromatic carbocycles. The molecule has 0 spiro atoms. The maximum Gasteiger partial charge on any atom is 0.173 e. The van der Waals surface area contributed by atoms with Gasteiger partial charge in [-0.3, -0.25) is 4.79 Å². The highest BCUT2D eigenvalue weighted by Crippen LogP contribution is 2.15. The van der Waals surface area contributed by atoms with E-state index in [9.17, 15) is 4.79 Å². The van der Waals surface area contributed by atoms with Crippen molar-refractivity contribution in [3.05, 3.63) is 29.8 Å². The third kappa shape index (κ3) is 4.35. The first-order valence-electron chi connectivity index (χ1n) is 5.60. The highest BCUT2D eigenvalue weighted by molar-refractivity contribution is 9.09. The van der Waals surface area contributed by atoms with Crippen LogP contribution in [-0.4, -0.2) is 17.7 Å². The van der Waals surface area contributed by atoms with E-state index in [1.165, 1.54) is 12.8 Å². The number of benzene rings is 1. The summed E-state index contributed by atoms with van der Waals surface area (Å²) in [5.41, 5.74) is 0.699. The Bertz CT molecular complexity index is 336. The number of hydrogen-bond acceptors (Lipinski definition) is 2. The molecular weight excluding hydrogens is 268 g/mol. The molecule has 16 heavy (non-hydrogen) atoms. The van der Waals surface area contributed by atoms with E-state index >= 15 is 0 Å². The molecule has 0 aliphatic carbocycles. The first kappa shape index (κ1) is 13.2. The average Bonchev–Trinajstić information content (AvgIpc) is 2.34. The van der Waals surface area contributed by atoms with Crippen molar-refractivity contribution in [2.45, 2.75) is 26.2 Å². The fraction of sp³-hybridized carbons (Fsp3) is 0.462. The first-order chi connectivity index (χ1) is 7.77. The van der Waals surface area contributed by atoms with E-state index in [2.05, 4.69) is 22.9 Å². The molecule has 1 rings (SSSR count). The first-order valence-corrected chi connectivity index (χ1v) is 6.72. The van der Waals surface area contributed by atoms with Gasteiger partial charge in [-0.05, 0) is 18.6 Å². The van der Waals surface area contributed by atoms with Gasteiger partial charge >= 0.3 is 0 Å². The van der Waals surface area contributed by atoms with Crippen molar-refractivity contribution in [1.82, 2.24) is 0 Å². The maximum atomic E-state index is 11.4. The summed E-state index contributed by atoms with van der Waals surface area (Å²) in [7, 11) is 0. The van der Waals surface area contributed by atoms with Crippen molar-refractivity contribution >= 4 is 21.7 Å². The van der Waals surface area contributed by atoms with Gasteiger partial charge in [-0.15, -0.1) is 0 Å². The zero-order chi connectivity index (χ0) is 11.8. The number of alkyl halides is 1. The zero-order valence-corrected chi connectivity index (χ0v) is 11.1. The Kier molecular flexibility index (Phi) is 6.16. The number of hydrogen-bond donors (Lipinski definition) is 0. The van der Waals surface area contributed by atoms with Gasteiger partial charge in [0.25, 0.3) is 0 Å². The van der Waals surface area contributed by atoms with Gasteiger partial charge in [0.1, 0.15) is 5.75 Å². The molecular formula is C13H17BrO2. The Morgan fingerprint density at radius 1 is 1.38 bits per heavy atom. The van der Waals surface area contributed by atoms with Crippen LogP contribution in [0.5, 0.6) is 5.75 Å². The summed E-state index contributed by atoms with van der Waals surface area (Å²) in [5, 5.41) is 0.353. The fourth-order valence-electron chi connectivity index (χ4n) is 1.38. The molecule has 88 valence electrons. The molecule has 0 aliphatic heterocycles. The molecule has 2 nitrogen and oxygen atoms in total. The van der Waals surface area contributed by atoms with Gasteiger partial charge < -0.3 is 4.74 Å².